The lowest BCUT2D eigenvalue weighted by Gasteiger charge is -1.96. The molecule has 0 spiro atoms. The molecule has 0 radical (unpaired) electrons. The van der Waals surface area contributed by atoms with Crippen molar-refractivity contribution in [1.29, 1.82) is 0 Å². The average molecular weight is 372 g/mol. The fourth-order valence-electron chi connectivity index (χ4n) is 3.53. The molecule has 0 bridgehead atoms. The van der Waals surface area contributed by atoms with Gasteiger partial charge in [-0.05, 0) is 46.5 Å². The van der Waals surface area contributed by atoms with Gasteiger partial charge in [0.2, 0.25) is 0 Å². The van der Waals surface area contributed by atoms with Crippen LogP contribution in [-0.4, -0.2) is 0 Å². The molecule has 5 aromatic rings. The van der Waals surface area contributed by atoms with Crippen LogP contribution < -0.4 is 0 Å². The van der Waals surface area contributed by atoms with Crippen molar-refractivity contribution < 1.29 is 4.42 Å². The fourth-order valence-corrected chi connectivity index (χ4v) is 3.53. The molecule has 0 unspecified atom stereocenters. The molecule has 0 aliphatic carbocycles. The molecule has 0 N–H and O–H groups in total. The molecule has 5 rings (SSSR count). The van der Waals surface area contributed by atoms with Gasteiger partial charge in [-0.25, -0.2) is 0 Å². The van der Waals surface area contributed by atoms with E-state index in [9.17, 15) is 0 Å². The zero-order chi connectivity index (χ0) is 19.5. The van der Waals surface area contributed by atoms with Gasteiger partial charge in [-0.15, -0.1) is 0 Å². The van der Waals surface area contributed by atoms with Gasteiger partial charge in [-0.1, -0.05) is 97.1 Å². The van der Waals surface area contributed by atoms with Crippen molar-refractivity contribution in [2.75, 3.05) is 0 Å². The fraction of sp³-hybridized carbons (Fsp3) is 0. The highest BCUT2D eigenvalue weighted by atomic mass is 16.3. The monoisotopic (exact) mass is 372 g/mol. The number of furan rings is 1. The second-order valence-electron chi connectivity index (χ2n) is 7.10. The highest BCUT2D eigenvalue weighted by molar-refractivity contribution is 6.06. The minimum atomic E-state index is 0.916. The molecule has 0 fully saturated rings. The zero-order valence-corrected chi connectivity index (χ0v) is 16.0. The van der Waals surface area contributed by atoms with E-state index < -0.39 is 0 Å². The summed E-state index contributed by atoms with van der Waals surface area (Å²) in [5.74, 6) is 0. The summed E-state index contributed by atoms with van der Waals surface area (Å²) >= 11 is 0. The van der Waals surface area contributed by atoms with E-state index in [4.69, 9.17) is 4.42 Å². The molecule has 0 saturated heterocycles. The quantitative estimate of drug-likeness (QED) is 0.292. The lowest BCUT2D eigenvalue weighted by atomic mass is 10.1. The molecule has 1 heteroatoms. The van der Waals surface area contributed by atoms with Crippen LogP contribution in [0.25, 0.3) is 46.2 Å². The third-order valence-corrected chi connectivity index (χ3v) is 5.05. The summed E-state index contributed by atoms with van der Waals surface area (Å²) in [6.45, 7) is 0. The van der Waals surface area contributed by atoms with E-state index in [1.807, 2.05) is 24.3 Å². The van der Waals surface area contributed by atoms with Crippen molar-refractivity contribution in [2.45, 2.75) is 0 Å². The number of hydrogen-bond donors (Lipinski definition) is 0. The van der Waals surface area contributed by atoms with Crippen LogP contribution in [0.5, 0.6) is 0 Å². The molecule has 29 heavy (non-hydrogen) atoms. The van der Waals surface area contributed by atoms with Crippen LogP contribution in [-0.2, 0) is 0 Å². The van der Waals surface area contributed by atoms with Crippen LogP contribution in [0.1, 0.15) is 22.3 Å². The molecule has 0 atom stereocenters. The number of benzene rings is 4. The minimum absolute atomic E-state index is 0.916. The van der Waals surface area contributed by atoms with E-state index >= 15 is 0 Å². The summed E-state index contributed by atoms with van der Waals surface area (Å²) in [5.41, 5.74) is 6.51. The highest BCUT2D eigenvalue weighted by Crippen LogP contribution is 2.31. The van der Waals surface area contributed by atoms with Gasteiger partial charge in [-0.2, -0.15) is 0 Å². The van der Waals surface area contributed by atoms with Gasteiger partial charge < -0.3 is 4.42 Å². The molecule has 0 amide bonds. The normalized spacial score (nSPS) is 11.9. The van der Waals surface area contributed by atoms with Crippen LogP contribution in [0.2, 0.25) is 0 Å². The first kappa shape index (κ1) is 17.3. The van der Waals surface area contributed by atoms with Crippen molar-refractivity contribution in [2.24, 2.45) is 0 Å². The Morgan fingerprint density at radius 1 is 0.414 bits per heavy atom. The average Bonchev–Trinajstić information content (AvgIpc) is 3.15. The molecule has 1 nitrogen and oxygen atoms in total. The van der Waals surface area contributed by atoms with E-state index in [0.29, 0.717) is 0 Å². The Morgan fingerprint density at radius 3 is 1.62 bits per heavy atom. The van der Waals surface area contributed by atoms with Gasteiger partial charge >= 0.3 is 0 Å². The number of hydrogen-bond acceptors (Lipinski definition) is 1. The predicted octanol–water partition coefficient (Wildman–Crippen LogP) is 7.93. The van der Waals surface area contributed by atoms with E-state index in [2.05, 4.69) is 97.1 Å². The Hall–Kier alpha value is -3.84. The van der Waals surface area contributed by atoms with Gasteiger partial charge in [0.05, 0.1) is 0 Å². The predicted molar refractivity (Wildman–Crippen MR) is 124 cm³/mol. The van der Waals surface area contributed by atoms with Gasteiger partial charge in [0.15, 0.2) is 0 Å². The largest absolute Gasteiger partial charge is 0.456 e. The van der Waals surface area contributed by atoms with Crippen LogP contribution in [0.3, 0.4) is 0 Å². The molecular formula is C28H20O. The SMILES string of the molecule is C(=Cc1ccc2c(c1)oc1ccc(C=Cc3ccccc3)cc12)c1ccccc1. The maximum atomic E-state index is 6.10. The van der Waals surface area contributed by atoms with E-state index in [0.717, 1.165) is 33.1 Å². The third kappa shape index (κ3) is 3.76. The molecule has 0 aliphatic rings. The third-order valence-electron chi connectivity index (χ3n) is 5.05. The summed E-state index contributed by atoms with van der Waals surface area (Å²) in [6, 6.07) is 33.4. The van der Waals surface area contributed by atoms with Gasteiger partial charge in [0.1, 0.15) is 11.2 Å². The van der Waals surface area contributed by atoms with Crippen molar-refractivity contribution >= 4 is 46.2 Å². The molecule has 0 saturated carbocycles. The Morgan fingerprint density at radius 2 is 0.966 bits per heavy atom. The topological polar surface area (TPSA) is 13.1 Å². The Kier molecular flexibility index (Phi) is 4.56. The molecule has 4 aromatic carbocycles. The summed E-state index contributed by atoms with van der Waals surface area (Å²) in [5, 5.41) is 2.29. The summed E-state index contributed by atoms with van der Waals surface area (Å²) in [4.78, 5) is 0. The summed E-state index contributed by atoms with van der Waals surface area (Å²) in [7, 11) is 0. The summed E-state index contributed by atoms with van der Waals surface area (Å²) < 4.78 is 6.10. The van der Waals surface area contributed by atoms with Crippen molar-refractivity contribution in [3.05, 3.63) is 119 Å². The first-order chi connectivity index (χ1) is 14.3. The summed E-state index contributed by atoms with van der Waals surface area (Å²) in [6.07, 6.45) is 8.52. The van der Waals surface area contributed by atoms with Crippen LogP contribution >= 0.6 is 0 Å². The molecule has 1 aromatic heterocycles. The molecule has 0 aliphatic heterocycles. The highest BCUT2D eigenvalue weighted by Gasteiger charge is 2.07. The maximum absolute atomic E-state index is 6.10. The van der Waals surface area contributed by atoms with Crippen LogP contribution in [0.15, 0.2) is 101 Å². The van der Waals surface area contributed by atoms with Crippen LogP contribution in [0, 0.1) is 0 Å². The lowest BCUT2D eigenvalue weighted by Crippen LogP contribution is -1.75. The van der Waals surface area contributed by atoms with Gasteiger partial charge in [0.25, 0.3) is 0 Å². The lowest BCUT2D eigenvalue weighted by molar-refractivity contribution is 0.669. The molecular weight excluding hydrogens is 352 g/mol. The second-order valence-corrected chi connectivity index (χ2v) is 7.10. The first-order valence-electron chi connectivity index (χ1n) is 9.78. The Balaban J connectivity index is 1.47. The van der Waals surface area contributed by atoms with E-state index in [1.54, 1.807) is 0 Å². The minimum Gasteiger partial charge on any atom is -0.456 e. The molecule has 1 heterocycles. The van der Waals surface area contributed by atoms with Gasteiger partial charge in [0, 0.05) is 10.8 Å². The number of rotatable bonds is 4. The second kappa shape index (κ2) is 7.65. The van der Waals surface area contributed by atoms with Gasteiger partial charge in [-0.3, -0.25) is 0 Å². The number of fused-ring (bicyclic) bond motifs is 3. The zero-order valence-electron chi connectivity index (χ0n) is 16.0. The van der Waals surface area contributed by atoms with E-state index in [-0.39, 0.29) is 0 Å². The van der Waals surface area contributed by atoms with Crippen molar-refractivity contribution in [1.82, 2.24) is 0 Å². The van der Waals surface area contributed by atoms with Crippen molar-refractivity contribution in [3.8, 4) is 0 Å². The van der Waals surface area contributed by atoms with E-state index in [1.165, 1.54) is 11.1 Å². The first-order valence-corrected chi connectivity index (χ1v) is 9.78. The Labute approximate surface area is 170 Å². The van der Waals surface area contributed by atoms with Crippen molar-refractivity contribution in [3.63, 3.8) is 0 Å². The van der Waals surface area contributed by atoms with Crippen LogP contribution in [0.4, 0.5) is 0 Å². The standard InChI is InChI=1S/C28H20O/c1-3-7-21(8-4-1)11-13-23-16-18-27-26(19-23)25-17-15-24(20-28(25)29-27)14-12-22-9-5-2-6-10-22/h1-20H. The smallest absolute Gasteiger partial charge is 0.136 e. The molecule has 138 valence electrons. The maximum Gasteiger partial charge on any atom is 0.136 e. The Bertz CT molecular complexity index is 1320.